The van der Waals surface area contributed by atoms with Crippen LogP contribution in [0.4, 0.5) is 0 Å². The Morgan fingerprint density at radius 1 is 0.846 bits per heavy atom. The van der Waals surface area contributed by atoms with Gasteiger partial charge in [0.2, 0.25) is 0 Å². The first-order chi connectivity index (χ1) is 12.5. The highest BCUT2D eigenvalue weighted by molar-refractivity contribution is 5.94. The van der Waals surface area contributed by atoms with Gasteiger partial charge in [-0.2, -0.15) is 0 Å². The van der Waals surface area contributed by atoms with E-state index in [0.717, 1.165) is 0 Å². The predicted octanol–water partition coefficient (Wildman–Crippen LogP) is 2.16. The molecule has 0 amide bonds. The zero-order chi connectivity index (χ0) is 18.5. The second kappa shape index (κ2) is 7.93. The molecule has 0 radical (unpaired) electrons. The van der Waals surface area contributed by atoms with Crippen molar-refractivity contribution in [1.29, 1.82) is 0 Å². The summed E-state index contributed by atoms with van der Waals surface area (Å²) in [5, 5.41) is 9.85. The van der Waals surface area contributed by atoms with Gasteiger partial charge in [0.05, 0.1) is 17.2 Å². The maximum atomic E-state index is 12.3. The van der Waals surface area contributed by atoms with E-state index in [0.29, 0.717) is 11.1 Å². The molecule has 0 heterocycles. The van der Waals surface area contributed by atoms with Gasteiger partial charge in [0.15, 0.2) is 11.9 Å². The molecule has 0 saturated heterocycles. The van der Waals surface area contributed by atoms with E-state index in [-0.39, 0.29) is 12.8 Å². The van der Waals surface area contributed by atoms with Crippen LogP contribution in [0, 0.1) is 0 Å². The Morgan fingerprint density at radius 3 is 1.88 bits per heavy atom. The SMILES string of the molecule is O=C(O[C@@H]1C(=O)C[C@H](O)C[C@H]1OC(=O)c1ccccc1)c1ccccc1. The maximum Gasteiger partial charge on any atom is 0.338 e. The molecule has 2 aromatic rings. The van der Waals surface area contributed by atoms with Crippen LogP contribution in [0.3, 0.4) is 0 Å². The summed E-state index contributed by atoms with van der Waals surface area (Å²) in [4.78, 5) is 36.8. The van der Waals surface area contributed by atoms with E-state index in [1.807, 2.05) is 0 Å². The lowest BCUT2D eigenvalue weighted by Crippen LogP contribution is -2.48. The first kappa shape index (κ1) is 17.8. The van der Waals surface area contributed by atoms with Crippen LogP contribution < -0.4 is 0 Å². The van der Waals surface area contributed by atoms with Gasteiger partial charge in [0.1, 0.15) is 6.10 Å². The molecule has 0 aliphatic heterocycles. The quantitative estimate of drug-likeness (QED) is 0.847. The lowest BCUT2D eigenvalue weighted by Gasteiger charge is -2.32. The standard InChI is InChI=1S/C20H18O6/c21-15-11-16(22)18(26-20(24)14-9-5-2-6-10-14)17(12-15)25-19(23)13-7-3-1-4-8-13/h1-10,15,17-18,21H,11-12H2/t15-,17+,18+/m0/s1. The van der Waals surface area contributed by atoms with Gasteiger partial charge >= 0.3 is 11.9 Å². The number of ketones is 1. The van der Waals surface area contributed by atoms with Crippen LogP contribution in [0.15, 0.2) is 60.7 Å². The Morgan fingerprint density at radius 2 is 1.35 bits per heavy atom. The van der Waals surface area contributed by atoms with Gasteiger partial charge < -0.3 is 14.6 Å². The van der Waals surface area contributed by atoms with Crippen molar-refractivity contribution in [3.05, 3.63) is 71.8 Å². The van der Waals surface area contributed by atoms with Crippen molar-refractivity contribution in [2.45, 2.75) is 31.2 Å². The van der Waals surface area contributed by atoms with E-state index in [2.05, 4.69) is 0 Å². The highest BCUT2D eigenvalue weighted by Gasteiger charge is 2.41. The van der Waals surface area contributed by atoms with Gasteiger partial charge in [-0.1, -0.05) is 36.4 Å². The summed E-state index contributed by atoms with van der Waals surface area (Å²) < 4.78 is 10.7. The lowest BCUT2D eigenvalue weighted by atomic mass is 9.90. The molecule has 0 unspecified atom stereocenters. The Kier molecular flexibility index (Phi) is 5.43. The molecule has 1 aliphatic rings. The number of carbonyl (C=O) groups excluding carboxylic acids is 3. The van der Waals surface area contributed by atoms with Gasteiger partial charge in [-0.15, -0.1) is 0 Å². The molecule has 0 spiro atoms. The second-order valence-electron chi connectivity index (χ2n) is 6.06. The summed E-state index contributed by atoms with van der Waals surface area (Å²) in [6.45, 7) is 0. The average Bonchev–Trinajstić information content (AvgIpc) is 2.65. The molecule has 0 aromatic heterocycles. The largest absolute Gasteiger partial charge is 0.454 e. The van der Waals surface area contributed by atoms with Gasteiger partial charge in [-0.05, 0) is 24.3 Å². The minimum atomic E-state index is -1.24. The highest BCUT2D eigenvalue weighted by atomic mass is 16.6. The monoisotopic (exact) mass is 354 g/mol. The molecule has 26 heavy (non-hydrogen) atoms. The number of benzene rings is 2. The molecule has 3 rings (SSSR count). The van der Waals surface area contributed by atoms with Crippen molar-refractivity contribution in [3.8, 4) is 0 Å². The van der Waals surface area contributed by atoms with E-state index >= 15 is 0 Å². The number of carbonyl (C=O) groups is 3. The molecule has 134 valence electrons. The summed E-state index contributed by atoms with van der Waals surface area (Å²) in [5.74, 6) is -1.79. The zero-order valence-electron chi connectivity index (χ0n) is 13.9. The number of rotatable bonds is 4. The summed E-state index contributed by atoms with van der Waals surface area (Å²) in [5.41, 5.74) is 0.604. The van der Waals surface area contributed by atoms with Crippen molar-refractivity contribution >= 4 is 17.7 Å². The van der Waals surface area contributed by atoms with E-state index < -0.39 is 36.0 Å². The molecule has 1 fully saturated rings. The summed E-state index contributed by atoms with van der Waals surface area (Å²) in [6.07, 6.45) is -3.34. The van der Waals surface area contributed by atoms with Gasteiger partial charge in [-0.25, -0.2) is 9.59 Å². The third-order valence-corrected chi connectivity index (χ3v) is 4.11. The average molecular weight is 354 g/mol. The van der Waals surface area contributed by atoms with Crippen molar-refractivity contribution < 1.29 is 29.0 Å². The lowest BCUT2D eigenvalue weighted by molar-refractivity contribution is -0.144. The van der Waals surface area contributed by atoms with E-state index in [1.54, 1.807) is 60.7 Å². The Bertz CT molecular complexity index is 786. The van der Waals surface area contributed by atoms with Gasteiger partial charge in [0, 0.05) is 12.8 Å². The first-order valence-electron chi connectivity index (χ1n) is 8.27. The molecule has 6 heteroatoms. The van der Waals surface area contributed by atoms with Crippen LogP contribution in [-0.4, -0.2) is 41.1 Å². The fraction of sp³-hybridized carbons (Fsp3) is 0.250. The minimum Gasteiger partial charge on any atom is -0.454 e. The molecule has 2 aromatic carbocycles. The molecule has 3 atom stereocenters. The predicted molar refractivity (Wildman–Crippen MR) is 91.5 cm³/mol. The third-order valence-electron chi connectivity index (χ3n) is 4.11. The van der Waals surface area contributed by atoms with Crippen molar-refractivity contribution in [2.75, 3.05) is 0 Å². The summed E-state index contributed by atoms with van der Waals surface area (Å²) in [6, 6.07) is 16.5. The molecule has 6 nitrogen and oxygen atoms in total. The topological polar surface area (TPSA) is 89.9 Å². The number of ether oxygens (including phenoxy) is 2. The normalized spacial score (nSPS) is 22.5. The van der Waals surface area contributed by atoms with Crippen LogP contribution in [0.5, 0.6) is 0 Å². The molecule has 1 saturated carbocycles. The Hall–Kier alpha value is -2.99. The van der Waals surface area contributed by atoms with E-state index in [1.165, 1.54) is 0 Å². The maximum absolute atomic E-state index is 12.3. The molecular weight excluding hydrogens is 336 g/mol. The molecule has 1 aliphatic carbocycles. The highest BCUT2D eigenvalue weighted by Crippen LogP contribution is 2.24. The Balaban J connectivity index is 1.75. The number of hydrogen-bond donors (Lipinski definition) is 1. The molecule has 1 N–H and O–H groups in total. The van der Waals surface area contributed by atoms with Crippen LogP contribution in [0.2, 0.25) is 0 Å². The number of aliphatic hydroxyl groups is 1. The first-order valence-corrected chi connectivity index (χ1v) is 8.27. The fourth-order valence-corrected chi connectivity index (χ4v) is 2.82. The van der Waals surface area contributed by atoms with Crippen molar-refractivity contribution in [3.63, 3.8) is 0 Å². The van der Waals surface area contributed by atoms with Gasteiger partial charge in [-0.3, -0.25) is 4.79 Å². The summed E-state index contributed by atoms with van der Waals surface area (Å²) in [7, 11) is 0. The van der Waals surface area contributed by atoms with Crippen LogP contribution in [0.1, 0.15) is 33.6 Å². The Labute approximate surface area is 150 Å². The number of esters is 2. The minimum absolute atomic E-state index is 0.0249. The van der Waals surface area contributed by atoms with Crippen molar-refractivity contribution in [1.82, 2.24) is 0 Å². The molecule has 0 bridgehead atoms. The number of aliphatic hydroxyl groups excluding tert-OH is 1. The number of hydrogen-bond acceptors (Lipinski definition) is 6. The van der Waals surface area contributed by atoms with Crippen LogP contribution in [-0.2, 0) is 14.3 Å². The van der Waals surface area contributed by atoms with Crippen LogP contribution >= 0.6 is 0 Å². The third kappa shape index (κ3) is 4.15. The molecular formula is C20H18O6. The summed E-state index contributed by atoms with van der Waals surface area (Å²) >= 11 is 0. The number of Topliss-reactive ketones (excluding diaryl/α,β-unsaturated/α-hetero) is 1. The van der Waals surface area contributed by atoms with Crippen molar-refractivity contribution in [2.24, 2.45) is 0 Å². The van der Waals surface area contributed by atoms with E-state index in [9.17, 15) is 19.5 Å². The second-order valence-corrected chi connectivity index (χ2v) is 6.06. The van der Waals surface area contributed by atoms with Gasteiger partial charge in [0.25, 0.3) is 0 Å². The smallest absolute Gasteiger partial charge is 0.338 e. The van der Waals surface area contributed by atoms with E-state index in [4.69, 9.17) is 9.47 Å². The zero-order valence-corrected chi connectivity index (χ0v) is 13.9. The fourth-order valence-electron chi connectivity index (χ4n) is 2.82. The van der Waals surface area contributed by atoms with Crippen LogP contribution in [0.25, 0.3) is 0 Å².